The number of anilines is 2. The monoisotopic (exact) mass is 542 g/mol. The number of nitrogens with zero attached hydrogens (tertiary/aromatic N) is 5. The number of thiazole rings is 1. The fourth-order valence-corrected chi connectivity index (χ4v) is 5.75. The van der Waals surface area contributed by atoms with Gasteiger partial charge >= 0.3 is 6.03 Å². The number of allylic oxidation sites excluding steroid dienone is 4. The molecule has 0 spiro atoms. The number of benzene rings is 1. The number of urea groups is 1. The van der Waals surface area contributed by atoms with Crippen LogP contribution in [0.4, 0.5) is 25.2 Å². The summed E-state index contributed by atoms with van der Waals surface area (Å²) < 4.78 is 29.9. The quantitative estimate of drug-likeness (QED) is 0.431. The first kappa shape index (κ1) is 25.3. The molecule has 1 aliphatic carbocycles. The molecular weight excluding hydrogens is 518 g/mol. The van der Waals surface area contributed by atoms with Crippen LogP contribution in [-0.2, 0) is 5.41 Å². The summed E-state index contributed by atoms with van der Waals surface area (Å²) in [7, 11) is 0. The molecular formula is C26H25ClF2N6OS. The summed E-state index contributed by atoms with van der Waals surface area (Å²) >= 11 is 7.34. The molecule has 0 saturated carbocycles. The normalized spacial score (nSPS) is 20.1. The van der Waals surface area contributed by atoms with Crippen LogP contribution in [0.25, 0.3) is 11.4 Å². The summed E-state index contributed by atoms with van der Waals surface area (Å²) in [5.74, 6) is -1.14. The maximum Gasteiger partial charge on any atom is 0.328 e. The van der Waals surface area contributed by atoms with E-state index in [0.717, 1.165) is 5.01 Å². The third-order valence-corrected chi connectivity index (χ3v) is 8.11. The van der Waals surface area contributed by atoms with Gasteiger partial charge in [0.25, 0.3) is 0 Å². The number of nitrogens with two attached hydrogens (primary N) is 1. The van der Waals surface area contributed by atoms with E-state index < -0.39 is 23.9 Å². The molecule has 192 valence electrons. The van der Waals surface area contributed by atoms with Crippen LogP contribution in [0, 0.1) is 5.82 Å². The lowest BCUT2D eigenvalue weighted by atomic mass is 9.92. The average Bonchev–Trinajstić information content (AvgIpc) is 3.46. The summed E-state index contributed by atoms with van der Waals surface area (Å²) in [4.78, 5) is 30.0. The topological polar surface area (TPSA) is 88.2 Å². The molecule has 2 aliphatic rings. The van der Waals surface area contributed by atoms with Gasteiger partial charge in [0.15, 0.2) is 6.17 Å². The Morgan fingerprint density at radius 3 is 2.62 bits per heavy atom. The molecule has 11 heteroatoms. The van der Waals surface area contributed by atoms with Crippen LogP contribution in [0.15, 0.2) is 54.4 Å². The Morgan fingerprint density at radius 1 is 1.16 bits per heavy atom. The van der Waals surface area contributed by atoms with Gasteiger partial charge in [0.2, 0.25) is 5.95 Å². The summed E-state index contributed by atoms with van der Waals surface area (Å²) in [5, 5.41) is 0.757. The van der Waals surface area contributed by atoms with Crippen LogP contribution >= 0.6 is 22.9 Å². The number of carbonyl (C=O) groups excluding carboxylic acids is 1. The maximum absolute atomic E-state index is 16.3. The van der Waals surface area contributed by atoms with Gasteiger partial charge in [-0.1, -0.05) is 44.5 Å². The van der Waals surface area contributed by atoms with Crippen LogP contribution < -0.4 is 10.6 Å². The number of amides is 2. The van der Waals surface area contributed by atoms with E-state index in [1.165, 1.54) is 39.3 Å². The number of hydrogen-bond acceptors (Lipinski definition) is 6. The van der Waals surface area contributed by atoms with E-state index in [9.17, 15) is 9.18 Å². The second-order valence-electron chi connectivity index (χ2n) is 9.87. The van der Waals surface area contributed by atoms with Crippen molar-refractivity contribution in [2.75, 3.05) is 23.7 Å². The van der Waals surface area contributed by atoms with Crippen molar-refractivity contribution < 1.29 is 13.6 Å². The smallest absolute Gasteiger partial charge is 0.328 e. The molecule has 1 aliphatic heterocycles. The molecule has 3 heterocycles. The van der Waals surface area contributed by atoms with Crippen molar-refractivity contribution in [2.24, 2.45) is 0 Å². The SMILES string of the molecule is CC(C)(C)c1nc(-c2ccnc(N)n2)c(C2C=CC=C(N3CCN(c4ccc(F)c(Cl)c4)C3=O)C2F)s1. The molecule has 2 atom stereocenters. The summed E-state index contributed by atoms with van der Waals surface area (Å²) in [6, 6.07) is 5.40. The predicted octanol–water partition coefficient (Wildman–Crippen LogP) is 6.09. The minimum absolute atomic E-state index is 0.0790. The van der Waals surface area contributed by atoms with Crippen molar-refractivity contribution in [1.29, 1.82) is 0 Å². The van der Waals surface area contributed by atoms with Crippen LogP contribution in [0.2, 0.25) is 5.02 Å². The van der Waals surface area contributed by atoms with E-state index in [4.69, 9.17) is 22.3 Å². The van der Waals surface area contributed by atoms with Gasteiger partial charge in [0.05, 0.1) is 27.3 Å². The number of rotatable bonds is 4. The average molecular weight is 543 g/mol. The predicted molar refractivity (Wildman–Crippen MR) is 142 cm³/mol. The van der Waals surface area contributed by atoms with E-state index in [-0.39, 0.29) is 28.6 Å². The lowest BCUT2D eigenvalue weighted by Crippen LogP contribution is -2.36. The Hall–Kier alpha value is -3.37. The number of alkyl halides is 1. The zero-order chi connectivity index (χ0) is 26.5. The zero-order valence-electron chi connectivity index (χ0n) is 20.5. The van der Waals surface area contributed by atoms with Crippen LogP contribution in [0.3, 0.4) is 0 Å². The first-order chi connectivity index (χ1) is 17.5. The van der Waals surface area contributed by atoms with Gasteiger partial charge in [-0.15, -0.1) is 11.3 Å². The van der Waals surface area contributed by atoms with Crippen LogP contribution in [-0.4, -0.2) is 45.1 Å². The Kier molecular flexibility index (Phi) is 6.49. The van der Waals surface area contributed by atoms with Crippen molar-refractivity contribution in [2.45, 2.75) is 38.3 Å². The lowest BCUT2D eigenvalue weighted by Gasteiger charge is -2.29. The minimum atomic E-state index is -1.50. The Morgan fingerprint density at radius 2 is 1.92 bits per heavy atom. The van der Waals surface area contributed by atoms with E-state index in [1.807, 2.05) is 20.8 Å². The molecule has 1 aromatic carbocycles. The minimum Gasteiger partial charge on any atom is -0.368 e. The zero-order valence-corrected chi connectivity index (χ0v) is 22.0. The van der Waals surface area contributed by atoms with Gasteiger partial charge in [-0.2, -0.15) is 0 Å². The third-order valence-electron chi connectivity index (χ3n) is 6.23. The van der Waals surface area contributed by atoms with E-state index in [1.54, 1.807) is 30.5 Å². The first-order valence-corrected chi connectivity index (χ1v) is 12.9. The second kappa shape index (κ2) is 9.50. The van der Waals surface area contributed by atoms with Crippen molar-refractivity contribution in [3.63, 3.8) is 0 Å². The van der Waals surface area contributed by atoms with Gasteiger partial charge in [0.1, 0.15) is 11.5 Å². The van der Waals surface area contributed by atoms with Crippen molar-refractivity contribution in [3.05, 3.63) is 75.1 Å². The maximum atomic E-state index is 16.3. The van der Waals surface area contributed by atoms with Gasteiger partial charge in [-0.25, -0.2) is 28.5 Å². The molecule has 7 nitrogen and oxygen atoms in total. The highest BCUT2D eigenvalue weighted by atomic mass is 35.5. The van der Waals surface area contributed by atoms with Gasteiger partial charge in [-0.05, 0) is 30.3 Å². The molecule has 3 aromatic rings. The van der Waals surface area contributed by atoms with Crippen molar-refractivity contribution >= 4 is 40.6 Å². The molecule has 0 bridgehead atoms. The molecule has 1 fully saturated rings. The Bertz CT molecular complexity index is 1430. The first-order valence-electron chi connectivity index (χ1n) is 11.7. The fourth-order valence-electron chi connectivity index (χ4n) is 4.34. The largest absolute Gasteiger partial charge is 0.368 e. The highest BCUT2D eigenvalue weighted by Gasteiger charge is 2.40. The lowest BCUT2D eigenvalue weighted by molar-refractivity contribution is 0.217. The number of nitrogen functional groups attached to an aromatic ring is 1. The van der Waals surface area contributed by atoms with E-state index in [2.05, 4.69) is 9.97 Å². The molecule has 2 N–H and O–H groups in total. The molecule has 2 aromatic heterocycles. The fraction of sp³-hybridized carbons (Fsp3) is 0.308. The van der Waals surface area contributed by atoms with Crippen LogP contribution in [0.5, 0.6) is 0 Å². The molecule has 2 unspecified atom stereocenters. The molecule has 37 heavy (non-hydrogen) atoms. The van der Waals surface area contributed by atoms with Crippen LogP contribution in [0.1, 0.15) is 36.6 Å². The van der Waals surface area contributed by atoms with E-state index in [0.29, 0.717) is 28.5 Å². The molecule has 0 radical (unpaired) electrons. The van der Waals surface area contributed by atoms with Gasteiger partial charge in [0, 0.05) is 35.3 Å². The second-order valence-corrected chi connectivity index (χ2v) is 11.3. The molecule has 2 amide bonds. The van der Waals surface area contributed by atoms with Crippen molar-refractivity contribution in [1.82, 2.24) is 19.9 Å². The number of hydrogen-bond donors (Lipinski definition) is 1. The van der Waals surface area contributed by atoms with Gasteiger partial charge < -0.3 is 5.73 Å². The Balaban J connectivity index is 1.47. The molecule has 5 rings (SSSR count). The summed E-state index contributed by atoms with van der Waals surface area (Å²) in [6.45, 7) is 6.73. The number of carbonyl (C=O) groups is 1. The van der Waals surface area contributed by atoms with E-state index >= 15 is 4.39 Å². The highest BCUT2D eigenvalue weighted by Crippen LogP contribution is 2.44. The molecule has 1 saturated heterocycles. The Labute approximate surface area is 222 Å². The standard InChI is InChI=1S/C26H25ClF2N6OS/c1-26(2,3)23-33-21(18-9-10-31-24(30)32-18)22(37-23)15-5-4-6-19(20(15)29)35-12-11-34(25(35)36)14-7-8-17(28)16(27)13-14/h4-10,13,15,20H,11-12H2,1-3H3,(H2,30,31,32). The van der Waals surface area contributed by atoms with Crippen molar-refractivity contribution in [3.8, 4) is 11.4 Å². The summed E-state index contributed by atoms with van der Waals surface area (Å²) in [5.41, 5.74) is 7.34. The third kappa shape index (κ3) is 4.71. The number of halogens is 3. The summed E-state index contributed by atoms with van der Waals surface area (Å²) in [6.07, 6.45) is 5.20. The number of aromatic nitrogens is 3. The highest BCUT2D eigenvalue weighted by molar-refractivity contribution is 7.12. The van der Waals surface area contributed by atoms with Gasteiger partial charge in [-0.3, -0.25) is 9.80 Å².